The number of rotatable bonds is 1. The van der Waals surface area contributed by atoms with Crippen LogP contribution >= 0.6 is 46.4 Å². The van der Waals surface area contributed by atoms with Crippen LogP contribution in [0.5, 0.6) is 0 Å². The molecule has 12 heavy (non-hydrogen) atoms. The summed E-state index contributed by atoms with van der Waals surface area (Å²) in [4.78, 5) is 2.61. The van der Waals surface area contributed by atoms with Crippen molar-refractivity contribution in [2.45, 2.75) is 0 Å². The Hall–Kier alpha value is 0.110. The van der Waals surface area contributed by atoms with Gasteiger partial charge in [0.2, 0.25) is 0 Å². The molecule has 0 saturated heterocycles. The van der Waals surface area contributed by atoms with E-state index in [1.807, 2.05) is 0 Å². The largest absolute Gasteiger partial charge is 0.385 e. The molecule has 2 nitrogen and oxygen atoms in total. The lowest BCUT2D eigenvalue weighted by molar-refractivity contribution is -0.372. The second-order valence-electron chi connectivity index (χ2n) is 2.01. The van der Waals surface area contributed by atoms with Gasteiger partial charge in [0.1, 0.15) is 10.0 Å². The Morgan fingerprint density at radius 1 is 1.00 bits per heavy atom. The van der Waals surface area contributed by atoms with Crippen LogP contribution < -0.4 is 10.3 Å². The Balaban J connectivity index is 3.42. The molecule has 0 aliphatic heterocycles. The smallest absolute Gasteiger partial charge is 0.295 e. The molecule has 1 aromatic heterocycles. The maximum absolute atomic E-state index is 5.80. The third kappa shape index (κ3) is 1.72. The van der Waals surface area contributed by atoms with Crippen molar-refractivity contribution in [2.75, 3.05) is 12.4 Å². The summed E-state index contributed by atoms with van der Waals surface area (Å²) in [6.45, 7) is 0. The Morgan fingerprint density at radius 2 is 1.42 bits per heavy atom. The normalized spacial score (nSPS) is 10.1. The van der Waals surface area contributed by atoms with Crippen molar-refractivity contribution in [3.63, 3.8) is 0 Å². The van der Waals surface area contributed by atoms with Crippen LogP contribution in [0.25, 0.3) is 0 Å². The number of halogens is 4. The van der Waals surface area contributed by atoms with Crippen LogP contribution in [0.4, 0.5) is 5.69 Å². The predicted molar refractivity (Wildman–Crippen MR) is 52.6 cm³/mol. The van der Waals surface area contributed by atoms with Gasteiger partial charge in [-0.1, -0.05) is 23.2 Å². The van der Waals surface area contributed by atoms with E-state index in [2.05, 4.69) is 10.3 Å². The number of H-pyrrole nitrogens is 1. The molecule has 2 N–H and O–H groups in total. The van der Waals surface area contributed by atoms with E-state index in [0.29, 0.717) is 15.7 Å². The van der Waals surface area contributed by atoms with Crippen molar-refractivity contribution in [3.05, 3.63) is 20.4 Å². The van der Waals surface area contributed by atoms with Crippen molar-refractivity contribution in [3.8, 4) is 0 Å². The molecule has 1 heterocycles. The summed E-state index contributed by atoms with van der Waals surface area (Å²) in [6.07, 6.45) is 0. The molecule has 0 bridgehead atoms. The number of nitrogens with one attached hydrogen (secondary N) is 2. The number of aromatic amines is 1. The molecule has 0 atom stereocenters. The van der Waals surface area contributed by atoms with E-state index in [1.54, 1.807) is 7.05 Å². The molecule has 1 rings (SSSR count). The topological polar surface area (TPSA) is 26.2 Å². The van der Waals surface area contributed by atoms with Crippen molar-refractivity contribution in [2.24, 2.45) is 0 Å². The lowest BCUT2D eigenvalue weighted by Gasteiger charge is -2.03. The van der Waals surface area contributed by atoms with Gasteiger partial charge in [-0.05, 0) is 23.2 Å². The molecule has 0 spiro atoms. The fourth-order valence-electron chi connectivity index (χ4n) is 0.741. The molecular formula is C6H5Cl4N2+. The maximum Gasteiger partial charge on any atom is 0.295 e. The summed E-state index contributed by atoms with van der Waals surface area (Å²) in [7, 11) is 1.68. The first-order valence-electron chi connectivity index (χ1n) is 3.01. The van der Waals surface area contributed by atoms with Gasteiger partial charge in [-0.2, -0.15) is 4.98 Å². The third-order valence-electron chi connectivity index (χ3n) is 1.29. The molecule has 0 fully saturated rings. The highest BCUT2D eigenvalue weighted by Crippen LogP contribution is 2.35. The lowest BCUT2D eigenvalue weighted by Crippen LogP contribution is -2.08. The first-order valence-corrected chi connectivity index (χ1v) is 4.52. The second kappa shape index (κ2) is 3.88. The highest BCUT2D eigenvalue weighted by atomic mass is 35.5. The standard InChI is InChI=1S/C6H4Cl4N2/c1-11-4-2(7)5(9)12-6(10)3(4)8/h1H3,(H,11,12)/p+1. The minimum Gasteiger partial charge on any atom is -0.385 e. The van der Waals surface area contributed by atoms with E-state index >= 15 is 0 Å². The zero-order chi connectivity index (χ0) is 9.30. The zero-order valence-corrected chi connectivity index (χ0v) is 9.04. The molecule has 6 heteroatoms. The molecule has 0 saturated carbocycles. The molecule has 0 radical (unpaired) electrons. The van der Waals surface area contributed by atoms with Gasteiger partial charge in [-0.15, -0.1) is 0 Å². The van der Waals surface area contributed by atoms with Gasteiger partial charge in [0.25, 0.3) is 10.3 Å². The van der Waals surface area contributed by atoms with Gasteiger partial charge in [-0.25, -0.2) is 0 Å². The number of pyridine rings is 1. The van der Waals surface area contributed by atoms with Gasteiger partial charge in [0.15, 0.2) is 0 Å². The molecule has 0 aliphatic rings. The number of hydrogen-bond donors (Lipinski definition) is 1. The fraction of sp³-hybridized carbons (Fsp3) is 0.167. The summed E-state index contributed by atoms with van der Waals surface area (Å²) in [6, 6.07) is 0. The predicted octanol–water partition coefficient (Wildman–Crippen LogP) is 3.16. The van der Waals surface area contributed by atoms with E-state index in [0.717, 1.165) is 0 Å². The van der Waals surface area contributed by atoms with Crippen LogP contribution in [-0.2, 0) is 0 Å². The molecular weight excluding hydrogens is 242 g/mol. The van der Waals surface area contributed by atoms with Crippen LogP contribution in [-0.4, -0.2) is 7.05 Å². The number of hydrogen-bond acceptors (Lipinski definition) is 1. The Labute approximate surface area is 89.8 Å². The van der Waals surface area contributed by atoms with Gasteiger partial charge in [-0.3, -0.25) is 0 Å². The Bertz CT molecular complexity index is 287. The number of anilines is 1. The highest BCUT2D eigenvalue weighted by Gasteiger charge is 2.19. The van der Waals surface area contributed by atoms with Crippen molar-refractivity contribution in [1.82, 2.24) is 0 Å². The minimum absolute atomic E-state index is 0.260. The number of aromatic nitrogens is 1. The quantitative estimate of drug-likeness (QED) is 0.758. The first-order chi connectivity index (χ1) is 5.57. The van der Waals surface area contributed by atoms with Gasteiger partial charge >= 0.3 is 0 Å². The Kier molecular flexibility index (Phi) is 3.29. The average Bonchev–Trinajstić information content (AvgIpc) is 2.02. The van der Waals surface area contributed by atoms with Gasteiger partial charge in [0.05, 0.1) is 5.69 Å². The third-order valence-corrected chi connectivity index (χ3v) is 2.81. The molecule has 66 valence electrons. The summed E-state index contributed by atoms with van der Waals surface area (Å²) < 4.78 is 0. The Morgan fingerprint density at radius 3 is 1.75 bits per heavy atom. The zero-order valence-electron chi connectivity index (χ0n) is 6.01. The fourth-order valence-corrected chi connectivity index (χ4v) is 1.69. The molecule has 0 amide bonds. The van der Waals surface area contributed by atoms with Crippen LogP contribution in [0.15, 0.2) is 0 Å². The summed E-state index contributed by atoms with van der Waals surface area (Å²) >= 11 is 23.0. The summed E-state index contributed by atoms with van der Waals surface area (Å²) in [5.41, 5.74) is 0.520. The van der Waals surface area contributed by atoms with E-state index in [-0.39, 0.29) is 10.3 Å². The van der Waals surface area contributed by atoms with Gasteiger partial charge in [0, 0.05) is 7.05 Å². The van der Waals surface area contributed by atoms with Crippen LogP contribution in [0.3, 0.4) is 0 Å². The second-order valence-corrected chi connectivity index (χ2v) is 3.52. The van der Waals surface area contributed by atoms with Crippen LogP contribution in [0, 0.1) is 0 Å². The van der Waals surface area contributed by atoms with E-state index in [9.17, 15) is 0 Å². The average molecular weight is 247 g/mol. The SMILES string of the molecule is CNc1c(Cl)c(Cl)[nH+]c(Cl)c1Cl. The lowest BCUT2D eigenvalue weighted by atomic mass is 10.4. The van der Waals surface area contributed by atoms with Gasteiger partial charge < -0.3 is 5.32 Å². The minimum atomic E-state index is 0.260. The van der Waals surface area contributed by atoms with Crippen molar-refractivity contribution in [1.29, 1.82) is 0 Å². The van der Waals surface area contributed by atoms with Crippen molar-refractivity contribution >= 4 is 52.1 Å². The first kappa shape index (κ1) is 10.2. The molecule has 0 aromatic carbocycles. The molecule has 0 aliphatic carbocycles. The van der Waals surface area contributed by atoms with Crippen molar-refractivity contribution < 1.29 is 4.98 Å². The van der Waals surface area contributed by atoms with E-state index < -0.39 is 0 Å². The highest BCUT2D eigenvalue weighted by molar-refractivity contribution is 6.47. The van der Waals surface area contributed by atoms with E-state index in [1.165, 1.54) is 0 Å². The summed E-state index contributed by atoms with van der Waals surface area (Å²) in [5.74, 6) is 0. The van der Waals surface area contributed by atoms with E-state index in [4.69, 9.17) is 46.4 Å². The maximum atomic E-state index is 5.80. The molecule has 0 unspecified atom stereocenters. The van der Waals surface area contributed by atoms with Crippen LogP contribution in [0.1, 0.15) is 0 Å². The monoisotopic (exact) mass is 245 g/mol. The summed E-state index contributed by atoms with van der Waals surface area (Å²) in [5, 5.41) is 3.97. The molecule has 1 aromatic rings. The van der Waals surface area contributed by atoms with Crippen LogP contribution in [0.2, 0.25) is 20.4 Å².